The van der Waals surface area contributed by atoms with Crippen LogP contribution in [0.2, 0.25) is 0 Å². The summed E-state index contributed by atoms with van der Waals surface area (Å²) >= 11 is 5.64. The SMILES string of the molecule is Cc1ccnc2c1N(C)CC/C2=N/NC(=S)N1CCN2CCCCC2C1. The molecular weight excluding hydrogens is 344 g/mol. The van der Waals surface area contributed by atoms with Crippen LogP contribution >= 0.6 is 12.2 Å². The average molecular weight is 373 g/mol. The number of nitrogens with one attached hydrogen (secondary N) is 1. The van der Waals surface area contributed by atoms with Crippen LogP contribution in [0.25, 0.3) is 0 Å². The van der Waals surface area contributed by atoms with Gasteiger partial charge < -0.3 is 9.80 Å². The lowest BCUT2D eigenvalue weighted by molar-refractivity contribution is 0.0799. The van der Waals surface area contributed by atoms with Gasteiger partial charge in [0.25, 0.3) is 0 Å². The Labute approximate surface area is 161 Å². The van der Waals surface area contributed by atoms with E-state index in [9.17, 15) is 0 Å². The van der Waals surface area contributed by atoms with E-state index in [1.807, 2.05) is 6.20 Å². The highest BCUT2D eigenvalue weighted by Gasteiger charge is 2.30. The van der Waals surface area contributed by atoms with Gasteiger partial charge in [0.2, 0.25) is 0 Å². The van der Waals surface area contributed by atoms with E-state index in [0.717, 1.165) is 49.1 Å². The van der Waals surface area contributed by atoms with Crippen LogP contribution in [0.5, 0.6) is 0 Å². The third-order valence-electron chi connectivity index (χ3n) is 5.88. The van der Waals surface area contributed by atoms with Gasteiger partial charge in [-0.25, -0.2) is 0 Å². The van der Waals surface area contributed by atoms with Gasteiger partial charge in [-0.1, -0.05) is 6.42 Å². The Bertz CT molecular complexity index is 718. The number of fused-ring (bicyclic) bond motifs is 2. The van der Waals surface area contributed by atoms with Crippen LogP contribution < -0.4 is 10.3 Å². The Morgan fingerprint density at radius 2 is 2.15 bits per heavy atom. The van der Waals surface area contributed by atoms with Gasteiger partial charge in [0.15, 0.2) is 5.11 Å². The number of hydrogen-bond donors (Lipinski definition) is 1. The molecular formula is C19H28N6S. The number of hydrogen-bond acceptors (Lipinski definition) is 5. The lowest BCUT2D eigenvalue weighted by Gasteiger charge is -2.44. The molecule has 0 radical (unpaired) electrons. The molecule has 140 valence electrons. The van der Waals surface area contributed by atoms with Gasteiger partial charge in [0, 0.05) is 51.9 Å². The molecule has 0 spiro atoms. The zero-order valence-electron chi connectivity index (χ0n) is 15.7. The molecule has 1 unspecified atom stereocenters. The third kappa shape index (κ3) is 3.42. The Morgan fingerprint density at radius 1 is 1.27 bits per heavy atom. The number of pyridine rings is 1. The fourth-order valence-electron chi connectivity index (χ4n) is 4.38. The van der Waals surface area contributed by atoms with Crippen molar-refractivity contribution in [1.82, 2.24) is 20.2 Å². The second-order valence-corrected chi connectivity index (χ2v) is 7.99. The quantitative estimate of drug-likeness (QED) is 0.601. The molecule has 7 heteroatoms. The lowest BCUT2D eigenvalue weighted by atomic mass is 10.00. The van der Waals surface area contributed by atoms with Crippen molar-refractivity contribution >= 4 is 28.7 Å². The summed E-state index contributed by atoms with van der Waals surface area (Å²) in [4.78, 5) is 11.7. The third-order valence-corrected chi connectivity index (χ3v) is 6.23. The van der Waals surface area contributed by atoms with Crippen molar-refractivity contribution in [2.45, 2.75) is 38.6 Å². The molecule has 3 aliphatic rings. The second-order valence-electron chi connectivity index (χ2n) is 7.60. The van der Waals surface area contributed by atoms with E-state index in [1.165, 1.54) is 37.1 Å². The topological polar surface area (TPSA) is 47.0 Å². The number of anilines is 1. The van der Waals surface area contributed by atoms with E-state index in [2.05, 4.69) is 50.2 Å². The van der Waals surface area contributed by atoms with E-state index in [0.29, 0.717) is 6.04 Å². The minimum Gasteiger partial charge on any atom is -0.372 e. The van der Waals surface area contributed by atoms with Gasteiger partial charge in [0.05, 0.1) is 11.4 Å². The summed E-state index contributed by atoms with van der Waals surface area (Å²) in [6.45, 7) is 7.44. The molecule has 1 N–H and O–H groups in total. The first-order valence-corrected chi connectivity index (χ1v) is 10.1. The van der Waals surface area contributed by atoms with E-state index in [-0.39, 0.29) is 0 Å². The molecule has 6 nitrogen and oxygen atoms in total. The number of piperidine rings is 1. The summed E-state index contributed by atoms with van der Waals surface area (Å²) in [5.41, 5.74) is 7.56. The van der Waals surface area contributed by atoms with Crippen molar-refractivity contribution in [3.63, 3.8) is 0 Å². The number of hydrazone groups is 1. The van der Waals surface area contributed by atoms with E-state index >= 15 is 0 Å². The zero-order valence-corrected chi connectivity index (χ0v) is 16.6. The molecule has 1 aromatic rings. The van der Waals surface area contributed by atoms with Crippen molar-refractivity contribution < 1.29 is 0 Å². The molecule has 0 aliphatic carbocycles. The minimum atomic E-state index is 0.651. The maximum absolute atomic E-state index is 5.64. The Balaban J connectivity index is 1.44. The van der Waals surface area contributed by atoms with Crippen LogP contribution in [-0.4, -0.2) is 71.4 Å². The van der Waals surface area contributed by atoms with Crippen LogP contribution in [0.4, 0.5) is 5.69 Å². The Kier molecular flexibility index (Phi) is 5.09. The van der Waals surface area contributed by atoms with Crippen molar-refractivity contribution in [3.05, 3.63) is 23.5 Å². The Hall–Kier alpha value is -1.73. The first-order valence-electron chi connectivity index (χ1n) is 9.66. The Morgan fingerprint density at radius 3 is 3.04 bits per heavy atom. The first kappa shape index (κ1) is 17.7. The summed E-state index contributed by atoms with van der Waals surface area (Å²) in [5.74, 6) is 0. The number of aryl methyl sites for hydroxylation is 1. The molecule has 26 heavy (non-hydrogen) atoms. The highest BCUT2D eigenvalue weighted by atomic mass is 32.1. The lowest BCUT2D eigenvalue weighted by Crippen LogP contribution is -2.57. The van der Waals surface area contributed by atoms with Gasteiger partial charge in [-0.3, -0.25) is 15.3 Å². The van der Waals surface area contributed by atoms with Crippen molar-refractivity contribution in [2.75, 3.05) is 44.7 Å². The summed E-state index contributed by atoms with van der Waals surface area (Å²) in [5, 5.41) is 5.41. The molecule has 0 bridgehead atoms. The van der Waals surface area contributed by atoms with Gasteiger partial charge >= 0.3 is 0 Å². The van der Waals surface area contributed by atoms with Gasteiger partial charge in [-0.15, -0.1) is 0 Å². The van der Waals surface area contributed by atoms with Crippen LogP contribution in [-0.2, 0) is 0 Å². The average Bonchev–Trinajstić information content (AvgIpc) is 2.67. The van der Waals surface area contributed by atoms with Crippen molar-refractivity contribution in [3.8, 4) is 0 Å². The fraction of sp³-hybridized carbons (Fsp3) is 0.632. The monoisotopic (exact) mass is 372 g/mol. The standard InChI is InChI=1S/C19H28N6S/c1-14-6-8-20-17-16(7-10-23(2)18(14)17)21-22-19(26)25-12-11-24-9-4-3-5-15(24)13-25/h6,8,15H,3-5,7,9-13H2,1-2H3,(H,22,26)/b21-16-. The predicted molar refractivity (Wildman–Crippen MR) is 110 cm³/mol. The van der Waals surface area contributed by atoms with Crippen LogP contribution in [0.15, 0.2) is 17.4 Å². The minimum absolute atomic E-state index is 0.651. The summed E-state index contributed by atoms with van der Waals surface area (Å²) in [6, 6.07) is 2.71. The molecule has 0 aromatic carbocycles. The largest absolute Gasteiger partial charge is 0.372 e. The second kappa shape index (κ2) is 7.48. The van der Waals surface area contributed by atoms with Gasteiger partial charge in [-0.2, -0.15) is 5.10 Å². The van der Waals surface area contributed by atoms with E-state index in [4.69, 9.17) is 12.2 Å². The molecule has 2 saturated heterocycles. The van der Waals surface area contributed by atoms with Crippen LogP contribution in [0, 0.1) is 6.92 Å². The fourth-order valence-corrected chi connectivity index (χ4v) is 4.59. The zero-order chi connectivity index (χ0) is 18.1. The maximum atomic E-state index is 5.64. The van der Waals surface area contributed by atoms with Gasteiger partial charge in [-0.05, 0) is 50.2 Å². The van der Waals surface area contributed by atoms with Crippen LogP contribution in [0.1, 0.15) is 36.9 Å². The number of aromatic nitrogens is 1. The number of piperazine rings is 1. The predicted octanol–water partition coefficient (Wildman–Crippen LogP) is 1.98. The normalized spacial score (nSPS) is 25.0. The van der Waals surface area contributed by atoms with Gasteiger partial charge in [0.1, 0.15) is 5.69 Å². The van der Waals surface area contributed by atoms with Crippen molar-refractivity contribution in [2.24, 2.45) is 5.10 Å². The maximum Gasteiger partial charge on any atom is 0.189 e. The molecule has 4 heterocycles. The number of nitrogens with zero attached hydrogens (tertiary/aromatic N) is 5. The molecule has 0 amide bonds. The van der Waals surface area contributed by atoms with Crippen LogP contribution in [0.3, 0.4) is 0 Å². The smallest absolute Gasteiger partial charge is 0.189 e. The van der Waals surface area contributed by atoms with E-state index in [1.54, 1.807) is 0 Å². The summed E-state index contributed by atoms with van der Waals surface area (Å²) < 4.78 is 0. The molecule has 4 rings (SSSR count). The molecule has 3 aliphatic heterocycles. The molecule has 1 atom stereocenters. The highest BCUT2D eigenvalue weighted by molar-refractivity contribution is 7.80. The van der Waals surface area contributed by atoms with E-state index < -0.39 is 0 Å². The highest BCUT2D eigenvalue weighted by Crippen LogP contribution is 2.27. The molecule has 1 aromatic heterocycles. The number of thiocarbonyl (C=S) groups is 1. The van der Waals surface area contributed by atoms with Crippen molar-refractivity contribution in [1.29, 1.82) is 0 Å². The number of rotatable bonds is 1. The summed E-state index contributed by atoms with van der Waals surface area (Å²) in [7, 11) is 2.12. The first-order chi connectivity index (χ1) is 12.6. The molecule has 0 saturated carbocycles. The molecule has 2 fully saturated rings. The summed E-state index contributed by atoms with van der Waals surface area (Å²) in [6.07, 6.45) is 6.71.